The summed E-state index contributed by atoms with van der Waals surface area (Å²) in [6.07, 6.45) is 1.82. The molecule has 0 radical (unpaired) electrons. The fourth-order valence-corrected chi connectivity index (χ4v) is 4.79. The van der Waals surface area contributed by atoms with Crippen LogP contribution in [0.1, 0.15) is 36.3 Å². The molecular formula is C25H23ClN4O5. The fourth-order valence-electron chi connectivity index (χ4n) is 4.51. The van der Waals surface area contributed by atoms with Gasteiger partial charge in [-0.15, -0.1) is 0 Å². The van der Waals surface area contributed by atoms with Crippen LogP contribution in [-0.2, 0) is 11.4 Å². The Morgan fingerprint density at radius 3 is 2.63 bits per heavy atom. The van der Waals surface area contributed by atoms with Gasteiger partial charge in [-0.25, -0.2) is 0 Å². The molecule has 4 rings (SSSR count). The van der Waals surface area contributed by atoms with Gasteiger partial charge >= 0.3 is 0 Å². The number of nitro groups is 1. The van der Waals surface area contributed by atoms with Crippen molar-refractivity contribution >= 4 is 23.1 Å². The quantitative estimate of drug-likeness (QED) is 0.456. The van der Waals surface area contributed by atoms with Crippen molar-refractivity contribution in [3.63, 3.8) is 0 Å². The number of nitriles is 1. The summed E-state index contributed by atoms with van der Waals surface area (Å²) < 4.78 is 11.4. The van der Waals surface area contributed by atoms with E-state index in [9.17, 15) is 20.2 Å². The summed E-state index contributed by atoms with van der Waals surface area (Å²) in [6.45, 7) is 0.103. The Balaban J connectivity index is 1.71. The number of Topliss-reactive ketones (excluding diaryl/α,β-unsaturated/α-hetero) is 1. The summed E-state index contributed by atoms with van der Waals surface area (Å²) in [5.74, 6) is 0.240. The predicted octanol–water partition coefficient (Wildman–Crippen LogP) is 4.57. The lowest BCUT2D eigenvalue weighted by molar-refractivity contribution is -0.384. The molecule has 0 aromatic heterocycles. The van der Waals surface area contributed by atoms with Gasteiger partial charge in [-0.1, -0.05) is 11.6 Å². The summed E-state index contributed by atoms with van der Waals surface area (Å²) in [6, 6.07) is 11.5. The zero-order chi connectivity index (χ0) is 25.3. The van der Waals surface area contributed by atoms with Gasteiger partial charge in [-0.2, -0.15) is 5.26 Å². The normalized spacial score (nSPS) is 17.7. The van der Waals surface area contributed by atoms with E-state index in [-0.39, 0.29) is 34.4 Å². The van der Waals surface area contributed by atoms with Crippen molar-refractivity contribution in [1.82, 2.24) is 4.90 Å². The van der Waals surface area contributed by atoms with Gasteiger partial charge in [0.25, 0.3) is 5.69 Å². The van der Waals surface area contributed by atoms with Crippen molar-refractivity contribution < 1.29 is 19.2 Å². The Morgan fingerprint density at radius 1 is 1.29 bits per heavy atom. The predicted molar refractivity (Wildman–Crippen MR) is 129 cm³/mol. The number of carbonyl (C=O) groups is 1. The number of non-ortho nitro benzene ring substituents is 1. The molecule has 9 nitrogen and oxygen atoms in total. The number of nitrogens with zero attached hydrogens (tertiary/aromatic N) is 3. The number of ketones is 1. The van der Waals surface area contributed by atoms with Crippen LogP contribution in [0.4, 0.5) is 5.69 Å². The third-order valence-corrected chi connectivity index (χ3v) is 6.56. The summed E-state index contributed by atoms with van der Waals surface area (Å²) in [5, 5.41) is 21.0. The smallest absolute Gasteiger partial charge is 0.269 e. The van der Waals surface area contributed by atoms with Crippen LogP contribution in [-0.4, -0.2) is 29.8 Å². The van der Waals surface area contributed by atoms with Crippen molar-refractivity contribution in [2.75, 3.05) is 14.2 Å². The summed E-state index contributed by atoms with van der Waals surface area (Å²) in [7, 11) is 3.23. The van der Waals surface area contributed by atoms with Crippen molar-refractivity contribution in [2.24, 2.45) is 5.73 Å². The Morgan fingerprint density at radius 2 is 2.00 bits per heavy atom. The monoisotopic (exact) mass is 494 g/mol. The SMILES string of the molecule is COc1cc([C@H]2C(C#N)=C(N)N(C)C3=C2C(=O)CCC3)cc(Cl)c1OCc1ccc([N+](=O)[O-])cc1. The number of methoxy groups -OCH3 is 1. The van der Waals surface area contributed by atoms with Crippen LogP contribution in [0.5, 0.6) is 11.5 Å². The maximum atomic E-state index is 13.0. The number of ether oxygens (including phenoxy) is 2. The van der Waals surface area contributed by atoms with E-state index in [4.69, 9.17) is 26.8 Å². The second-order valence-electron chi connectivity index (χ2n) is 8.29. The van der Waals surface area contributed by atoms with E-state index in [1.807, 2.05) is 0 Å². The lowest BCUT2D eigenvalue weighted by Crippen LogP contribution is -2.36. The Hall–Kier alpha value is -4.03. The molecule has 10 heteroatoms. The average Bonchev–Trinajstić information content (AvgIpc) is 2.85. The largest absolute Gasteiger partial charge is 0.493 e. The standard InChI is InChI=1S/C25H23ClN4O5/c1-29-19-4-3-5-20(31)23(19)22(17(12-27)25(29)28)15-10-18(26)24(21(11-15)34-2)35-13-14-6-8-16(9-7-14)30(32)33/h6-11,22H,3-5,13,28H2,1-2H3/t22-/m0/s1. The van der Waals surface area contributed by atoms with Gasteiger partial charge in [-0.05, 0) is 48.2 Å². The average molecular weight is 495 g/mol. The zero-order valence-corrected chi connectivity index (χ0v) is 20.0. The minimum atomic E-state index is -0.658. The van der Waals surface area contributed by atoms with E-state index >= 15 is 0 Å². The highest BCUT2D eigenvalue weighted by atomic mass is 35.5. The number of halogens is 1. The topological polar surface area (TPSA) is 132 Å². The van der Waals surface area contributed by atoms with Crippen LogP contribution in [0.15, 0.2) is 59.1 Å². The molecule has 0 fully saturated rings. The number of carbonyl (C=O) groups excluding carboxylic acids is 1. The molecule has 0 saturated carbocycles. The molecule has 2 aromatic carbocycles. The first-order chi connectivity index (χ1) is 16.8. The highest BCUT2D eigenvalue weighted by molar-refractivity contribution is 6.32. The van der Waals surface area contributed by atoms with Gasteiger partial charge in [0, 0.05) is 36.9 Å². The van der Waals surface area contributed by atoms with Crippen LogP contribution >= 0.6 is 11.6 Å². The number of benzene rings is 2. The summed E-state index contributed by atoms with van der Waals surface area (Å²) in [4.78, 5) is 25.1. The first-order valence-corrected chi connectivity index (χ1v) is 11.3. The number of nitro benzene ring substituents is 1. The van der Waals surface area contributed by atoms with Gasteiger partial charge in [0.1, 0.15) is 12.4 Å². The molecule has 0 spiro atoms. The van der Waals surface area contributed by atoms with Gasteiger partial charge in [0.05, 0.1) is 34.6 Å². The van der Waals surface area contributed by atoms with Crippen LogP contribution in [0.2, 0.25) is 5.02 Å². The maximum Gasteiger partial charge on any atom is 0.269 e. The first kappa shape index (κ1) is 24.1. The second kappa shape index (κ2) is 9.68. The molecule has 2 N–H and O–H groups in total. The van der Waals surface area contributed by atoms with Crippen LogP contribution in [0.25, 0.3) is 0 Å². The maximum absolute atomic E-state index is 13.0. The van der Waals surface area contributed by atoms with Gasteiger partial charge in [0.2, 0.25) is 0 Å². The highest BCUT2D eigenvalue weighted by Crippen LogP contribution is 2.47. The van der Waals surface area contributed by atoms with E-state index in [1.54, 1.807) is 36.2 Å². The number of allylic oxidation sites excluding steroid dienone is 3. The van der Waals surface area contributed by atoms with Crippen LogP contribution in [0.3, 0.4) is 0 Å². The number of hydrogen-bond donors (Lipinski definition) is 1. The molecule has 1 atom stereocenters. The fraction of sp³-hybridized carbons (Fsp3) is 0.280. The van der Waals surface area contributed by atoms with Crippen molar-refractivity contribution in [1.29, 1.82) is 5.26 Å². The number of hydrogen-bond acceptors (Lipinski definition) is 8. The molecule has 1 aliphatic carbocycles. The summed E-state index contributed by atoms with van der Waals surface area (Å²) >= 11 is 6.60. The third kappa shape index (κ3) is 4.40. The molecule has 1 heterocycles. The van der Waals surface area contributed by atoms with Crippen molar-refractivity contribution in [3.05, 3.63) is 85.3 Å². The van der Waals surface area contributed by atoms with Crippen LogP contribution < -0.4 is 15.2 Å². The molecular weight excluding hydrogens is 472 g/mol. The van der Waals surface area contributed by atoms with Crippen molar-refractivity contribution in [3.8, 4) is 17.6 Å². The third-order valence-electron chi connectivity index (χ3n) is 6.28. The van der Waals surface area contributed by atoms with Crippen LogP contribution in [0, 0.1) is 21.4 Å². The molecule has 0 bridgehead atoms. The minimum Gasteiger partial charge on any atom is -0.493 e. The molecule has 0 amide bonds. The van der Waals surface area contributed by atoms with E-state index in [0.717, 1.165) is 12.1 Å². The van der Waals surface area contributed by atoms with Crippen molar-refractivity contribution in [2.45, 2.75) is 31.8 Å². The van der Waals surface area contributed by atoms with Gasteiger partial charge in [-0.3, -0.25) is 14.9 Å². The Bertz CT molecular complexity index is 1310. The van der Waals surface area contributed by atoms with E-state index in [1.165, 1.54) is 19.2 Å². The van der Waals surface area contributed by atoms with Gasteiger partial charge in [0.15, 0.2) is 17.3 Å². The minimum absolute atomic E-state index is 0.0154. The number of rotatable bonds is 6. The lowest BCUT2D eigenvalue weighted by Gasteiger charge is -2.37. The lowest BCUT2D eigenvalue weighted by atomic mass is 9.76. The molecule has 35 heavy (non-hydrogen) atoms. The highest BCUT2D eigenvalue weighted by Gasteiger charge is 2.39. The molecule has 2 aromatic rings. The Kier molecular flexibility index (Phi) is 6.67. The van der Waals surface area contributed by atoms with Gasteiger partial charge < -0.3 is 20.1 Å². The molecule has 180 valence electrons. The summed E-state index contributed by atoms with van der Waals surface area (Å²) in [5.41, 5.74) is 9.24. The van der Waals surface area contributed by atoms with E-state index in [0.29, 0.717) is 41.1 Å². The second-order valence-corrected chi connectivity index (χ2v) is 8.69. The number of nitrogens with two attached hydrogens (primary N) is 1. The molecule has 2 aliphatic rings. The Labute approximate surface area is 207 Å². The zero-order valence-electron chi connectivity index (χ0n) is 19.2. The molecule has 0 unspecified atom stereocenters. The molecule has 1 aliphatic heterocycles. The van der Waals surface area contributed by atoms with E-state index in [2.05, 4.69) is 6.07 Å². The van der Waals surface area contributed by atoms with E-state index < -0.39 is 10.8 Å². The molecule has 0 saturated heterocycles. The first-order valence-electron chi connectivity index (χ1n) is 10.9.